The maximum atomic E-state index is 11.6. The van der Waals surface area contributed by atoms with Crippen LogP contribution in [0.25, 0.3) is 0 Å². The number of hydrogen-bond donors (Lipinski definition) is 0. The molecule has 8 heteroatoms. The molecule has 0 fully saturated rings. The molecule has 28 heavy (non-hydrogen) atoms. The lowest BCUT2D eigenvalue weighted by Crippen LogP contribution is -2.44. The second kappa shape index (κ2) is 6.95. The van der Waals surface area contributed by atoms with Crippen LogP contribution in [0.3, 0.4) is 0 Å². The third kappa shape index (κ3) is 3.61. The van der Waals surface area contributed by atoms with Crippen LogP contribution in [-0.4, -0.2) is 42.6 Å². The van der Waals surface area contributed by atoms with Crippen LogP contribution in [0.1, 0.15) is 34.1 Å². The molecular formula is C20H22O6S2. The average Bonchev–Trinajstić information content (AvgIpc) is 2.63. The molecule has 0 saturated carbocycles. The van der Waals surface area contributed by atoms with E-state index in [4.69, 9.17) is 8.37 Å². The Kier molecular flexibility index (Phi) is 4.86. The van der Waals surface area contributed by atoms with E-state index in [1.807, 2.05) is 24.3 Å². The summed E-state index contributed by atoms with van der Waals surface area (Å²) < 4.78 is 56.9. The molecule has 6 nitrogen and oxygen atoms in total. The molecule has 0 spiro atoms. The molecule has 0 aromatic heterocycles. The molecular weight excluding hydrogens is 400 g/mol. The van der Waals surface area contributed by atoms with Crippen LogP contribution in [0.2, 0.25) is 0 Å². The largest absolute Gasteiger partial charge is 0.270 e. The molecule has 0 saturated heterocycles. The van der Waals surface area contributed by atoms with Crippen molar-refractivity contribution in [1.29, 1.82) is 0 Å². The molecule has 5 rings (SSSR count). The standard InChI is InChI=1S/C20H22O6S2/c1-27(21,22)25-11-17-18(12-26-28(2,23)24)20-15-9-5-3-7-13(15)19(17)14-8-4-6-10-16(14)20/h3-10,17-20H,11-12H2,1-2H3/t17-,18-,19?,20?/m0/s1. The minimum absolute atomic E-state index is 0.0134. The molecule has 3 aliphatic carbocycles. The van der Waals surface area contributed by atoms with Crippen LogP contribution in [0.4, 0.5) is 0 Å². The van der Waals surface area contributed by atoms with Gasteiger partial charge in [-0.3, -0.25) is 8.37 Å². The van der Waals surface area contributed by atoms with E-state index in [2.05, 4.69) is 24.3 Å². The molecule has 0 amide bonds. The highest BCUT2D eigenvalue weighted by atomic mass is 32.2. The SMILES string of the molecule is CS(=O)(=O)OC[C@@H]1C2c3ccccc3C(c3ccccc32)[C@H]1COS(C)(=O)=O. The predicted molar refractivity (Wildman–Crippen MR) is 105 cm³/mol. The lowest BCUT2D eigenvalue weighted by molar-refractivity contribution is 0.104. The topological polar surface area (TPSA) is 86.7 Å². The van der Waals surface area contributed by atoms with Gasteiger partial charge in [0.1, 0.15) is 0 Å². The van der Waals surface area contributed by atoms with Gasteiger partial charge in [0, 0.05) is 23.7 Å². The smallest absolute Gasteiger partial charge is 0.264 e. The Morgan fingerprint density at radius 2 is 0.929 bits per heavy atom. The van der Waals surface area contributed by atoms with Gasteiger partial charge in [-0.15, -0.1) is 0 Å². The van der Waals surface area contributed by atoms with Crippen LogP contribution < -0.4 is 0 Å². The maximum Gasteiger partial charge on any atom is 0.264 e. The van der Waals surface area contributed by atoms with Crippen molar-refractivity contribution in [3.63, 3.8) is 0 Å². The molecule has 0 aliphatic heterocycles. The van der Waals surface area contributed by atoms with Crippen molar-refractivity contribution in [2.24, 2.45) is 11.8 Å². The quantitative estimate of drug-likeness (QED) is 0.665. The van der Waals surface area contributed by atoms with E-state index in [0.29, 0.717) is 0 Å². The molecule has 0 radical (unpaired) electrons. The number of rotatable bonds is 6. The number of benzene rings is 2. The van der Waals surface area contributed by atoms with E-state index < -0.39 is 20.2 Å². The zero-order valence-corrected chi connectivity index (χ0v) is 17.2. The van der Waals surface area contributed by atoms with Crippen molar-refractivity contribution in [3.8, 4) is 0 Å². The van der Waals surface area contributed by atoms with Gasteiger partial charge >= 0.3 is 0 Å². The lowest BCUT2D eigenvalue weighted by Gasteiger charge is -2.50. The van der Waals surface area contributed by atoms with Crippen LogP contribution in [-0.2, 0) is 28.6 Å². The monoisotopic (exact) mass is 422 g/mol. The fourth-order valence-corrected chi connectivity index (χ4v) is 5.56. The first-order chi connectivity index (χ1) is 13.2. The first-order valence-corrected chi connectivity index (χ1v) is 12.7. The highest BCUT2D eigenvalue weighted by molar-refractivity contribution is 7.86. The fourth-order valence-electron chi connectivity index (χ4n) is 4.75. The molecule has 2 atom stereocenters. The highest BCUT2D eigenvalue weighted by Crippen LogP contribution is 2.58. The lowest BCUT2D eigenvalue weighted by atomic mass is 9.54. The third-order valence-electron chi connectivity index (χ3n) is 5.69. The fraction of sp³-hybridized carbons (Fsp3) is 0.400. The van der Waals surface area contributed by atoms with Gasteiger partial charge in [-0.25, -0.2) is 0 Å². The molecule has 2 aromatic rings. The normalized spacial score (nSPS) is 25.9. The van der Waals surface area contributed by atoms with Crippen LogP contribution in [0.5, 0.6) is 0 Å². The van der Waals surface area contributed by atoms with Crippen molar-refractivity contribution in [3.05, 3.63) is 70.8 Å². The van der Waals surface area contributed by atoms with Crippen molar-refractivity contribution < 1.29 is 25.2 Å². The Hall–Kier alpha value is -1.74. The summed E-state index contributed by atoms with van der Waals surface area (Å²) in [6.07, 6.45) is 2.05. The first kappa shape index (κ1) is 19.6. The summed E-state index contributed by atoms with van der Waals surface area (Å²) in [6, 6.07) is 16.1. The minimum atomic E-state index is -3.62. The Labute approximate surface area is 165 Å². The van der Waals surface area contributed by atoms with Crippen molar-refractivity contribution in [2.75, 3.05) is 25.7 Å². The summed E-state index contributed by atoms with van der Waals surface area (Å²) in [4.78, 5) is 0. The summed E-state index contributed by atoms with van der Waals surface area (Å²) >= 11 is 0. The van der Waals surface area contributed by atoms with Crippen molar-refractivity contribution >= 4 is 20.2 Å². The van der Waals surface area contributed by atoms with E-state index in [9.17, 15) is 16.8 Å². The Balaban J connectivity index is 1.83. The minimum Gasteiger partial charge on any atom is -0.270 e. The van der Waals surface area contributed by atoms with E-state index in [-0.39, 0.29) is 36.9 Å². The highest BCUT2D eigenvalue weighted by Gasteiger charge is 2.50. The molecule has 0 unspecified atom stereocenters. The maximum absolute atomic E-state index is 11.6. The van der Waals surface area contributed by atoms with E-state index in [0.717, 1.165) is 34.8 Å². The van der Waals surface area contributed by atoms with Gasteiger partial charge in [-0.05, 0) is 22.3 Å². The van der Waals surface area contributed by atoms with Gasteiger partial charge in [0.05, 0.1) is 25.7 Å². The Bertz CT molecular complexity index is 972. The molecule has 0 heterocycles. The second-order valence-electron chi connectivity index (χ2n) is 7.52. The molecule has 3 aliphatic rings. The average molecular weight is 423 g/mol. The zero-order chi connectivity index (χ0) is 20.1. The molecule has 0 N–H and O–H groups in total. The van der Waals surface area contributed by atoms with E-state index in [1.165, 1.54) is 0 Å². The van der Waals surface area contributed by atoms with Gasteiger partial charge < -0.3 is 0 Å². The second-order valence-corrected chi connectivity index (χ2v) is 10.8. The first-order valence-electron chi connectivity index (χ1n) is 9.02. The molecule has 2 aromatic carbocycles. The molecule has 2 bridgehead atoms. The zero-order valence-electron chi connectivity index (χ0n) is 15.6. The van der Waals surface area contributed by atoms with Gasteiger partial charge in [0.15, 0.2) is 0 Å². The number of fused-ring (bicyclic) bond motifs is 1. The summed E-state index contributed by atoms with van der Waals surface area (Å²) in [5.41, 5.74) is 4.57. The van der Waals surface area contributed by atoms with Crippen LogP contribution >= 0.6 is 0 Å². The summed E-state index contributed by atoms with van der Waals surface area (Å²) in [5, 5.41) is 0. The predicted octanol–water partition coefficient (Wildman–Crippen LogP) is 2.46. The van der Waals surface area contributed by atoms with Crippen molar-refractivity contribution in [1.82, 2.24) is 0 Å². The summed E-state index contributed by atoms with van der Waals surface area (Å²) in [7, 11) is -7.24. The van der Waals surface area contributed by atoms with Crippen LogP contribution in [0.15, 0.2) is 48.5 Å². The number of hydrogen-bond acceptors (Lipinski definition) is 6. The molecule has 150 valence electrons. The van der Waals surface area contributed by atoms with E-state index >= 15 is 0 Å². The summed E-state index contributed by atoms with van der Waals surface area (Å²) in [6.45, 7) is -0.0269. The van der Waals surface area contributed by atoms with Gasteiger partial charge in [-0.2, -0.15) is 16.8 Å². The Morgan fingerprint density at radius 3 is 1.18 bits per heavy atom. The van der Waals surface area contributed by atoms with E-state index in [1.54, 1.807) is 0 Å². The summed E-state index contributed by atoms with van der Waals surface area (Å²) in [5.74, 6) is -0.586. The van der Waals surface area contributed by atoms with Crippen LogP contribution in [0, 0.1) is 11.8 Å². The Morgan fingerprint density at radius 1 is 0.643 bits per heavy atom. The van der Waals surface area contributed by atoms with Gasteiger partial charge in [0.2, 0.25) is 0 Å². The third-order valence-corrected chi connectivity index (χ3v) is 6.82. The van der Waals surface area contributed by atoms with Gasteiger partial charge in [-0.1, -0.05) is 48.5 Å². The van der Waals surface area contributed by atoms with Gasteiger partial charge in [0.25, 0.3) is 20.2 Å². The van der Waals surface area contributed by atoms with Crippen molar-refractivity contribution in [2.45, 2.75) is 11.8 Å².